The molecule has 0 bridgehead atoms. The average Bonchev–Trinajstić information content (AvgIpc) is 2.47. The number of rotatable bonds is 4. The number of hydrogen-bond acceptors (Lipinski definition) is 3. The molecule has 2 aromatic rings. The van der Waals surface area contributed by atoms with Crippen LogP contribution in [0.2, 0.25) is 0 Å². The van der Waals surface area contributed by atoms with Gasteiger partial charge in [-0.15, -0.1) is 0 Å². The van der Waals surface area contributed by atoms with Gasteiger partial charge in [0.15, 0.2) is 0 Å². The molecule has 0 aromatic heterocycles. The first kappa shape index (κ1) is 13.8. The lowest BCUT2D eigenvalue weighted by molar-refractivity contribution is 0.0952. The van der Waals surface area contributed by atoms with Crippen LogP contribution in [0.1, 0.15) is 21.5 Å². The molecule has 1 N–H and O–H groups in total. The highest BCUT2D eigenvalue weighted by molar-refractivity contribution is 5.97. The molecule has 0 heterocycles. The number of nitrogens with zero attached hydrogens (tertiary/aromatic N) is 1. The molecule has 1 amide bonds. The SMILES string of the molecule is COc1ccccc1C(=O)N/N=C/c1cccc(C)c1. The van der Waals surface area contributed by atoms with Crippen molar-refractivity contribution < 1.29 is 9.53 Å². The fourth-order valence-corrected chi connectivity index (χ4v) is 1.81. The summed E-state index contributed by atoms with van der Waals surface area (Å²) >= 11 is 0. The number of carbonyl (C=O) groups excluding carboxylic acids is 1. The maximum Gasteiger partial charge on any atom is 0.275 e. The number of para-hydroxylation sites is 1. The number of aryl methyl sites for hydroxylation is 1. The summed E-state index contributed by atoms with van der Waals surface area (Å²) in [5.41, 5.74) is 5.03. The van der Waals surface area contributed by atoms with E-state index in [1.807, 2.05) is 37.3 Å². The van der Waals surface area contributed by atoms with E-state index in [9.17, 15) is 4.79 Å². The summed E-state index contributed by atoms with van der Waals surface area (Å²) in [6.45, 7) is 2.00. The molecule has 102 valence electrons. The van der Waals surface area contributed by atoms with Crippen molar-refractivity contribution in [2.75, 3.05) is 7.11 Å². The van der Waals surface area contributed by atoms with Crippen LogP contribution in [-0.2, 0) is 0 Å². The zero-order valence-corrected chi connectivity index (χ0v) is 11.5. The highest BCUT2D eigenvalue weighted by Crippen LogP contribution is 2.16. The third-order valence-corrected chi connectivity index (χ3v) is 2.77. The standard InChI is InChI=1S/C16H16N2O2/c1-12-6-5-7-13(10-12)11-17-18-16(19)14-8-3-4-9-15(14)20-2/h3-11H,1-2H3,(H,18,19)/b17-11+. The summed E-state index contributed by atoms with van der Waals surface area (Å²) in [6.07, 6.45) is 1.61. The molecule has 0 aliphatic rings. The maximum absolute atomic E-state index is 12.0. The fourth-order valence-electron chi connectivity index (χ4n) is 1.81. The Balaban J connectivity index is 2.05. The van der Waals surface area contributed by atoms with Gasteiger partial charge in [-0.2, -0.15) is 5.10 Å². The van der Waals surface area contributed by atoms with Gasteiger partial charge in [-0.05, 0) is 24.6 Å². The van der Waals surface area contributed by atoms with E-state index >= 15 is 0 Å². The Morgan fingerprint density at radius 1 is 1.20 bits per heavy atom. The summed E-state index contributed by atoms with van der Waals surface area (Å²) in [5.74, 6) is 0.224. The lowest BCUT2D eigenvalue weighted by atomic mass is 10.2. The van der Waals surface area contributed by atoms with Crippen molar-refractivity contribution in [2.24, 2.45) is 5.10 Å². The quantitative estimate of drug-likeness (QED) is 0.684. The van der Waals surface area contributed by atoms with Crippen LogP contribution in [0.5, 0.6) is 5.75 Å². The van der Waals surface area contributed by atoms with Crippen molar-refractivity contribution in [2.45, 2.75) is 6.92 Å². The van der Waals surface area contributed by atoms with Gasteiger partial charge in [0.05, 0.1) is 18.9 Å². The largest absolute Gasteiger partial charge is 0.496 e. The second-order valence-electron chi connectivity index (χ2n) is 4.31. The van der Waals surface area contributed by atoms with E-state index in [1.165, 1.54) is 7.11 Å². The Morgan fingerprint density at radius 2 is 2.00 bits per heavy atom. The summed E-state index contributed by atoms with van der Waals surface area (Å²) in [4.78, 5) is 12.0. The number of nitrogens with one attached hydrogen (secondary N) is 1. The van der Waals surface area contributed by atoms with Gasteiger partial charge in [0.25, 0.3) is 5.91 Å². The monoisotopic (exact) mass is 268 g/mol. The number of methoxy groups -OCH3 is 1. The molecule has 0 atom stereocenters. The summed E-state index contributed by atoms with van der Waals surface area (Å²) in [6, 6.07) is 14.9. The Kier molecular flexibility index (Phi) is 4.50. The number of carbonyl (C=O) groups is 1. The first-order valence-corrected chi connectivity index (χ1v) is 6.24. The van der Waals surface area contributed by atoms with Crippen LogP contribution in [0.15, 0.2) is 53.6 Å². The van der Waals surface area contributed by atoms with E-state index < -0.39 is 0 Å². The van der Waals surface area contributed by atoms with Crippen LogP contribution in [0.4, 0.5) is 0 Å². The molecule has 0 spiro atoms. The van der Waals surface area contributed by atoms with E-state index in [-0.39, 0.29) is 5.91 Å². The molecule has 20 heavy (non-hydrogen) atoms. The normalized spacial score (nSPS) is 10.5. The molecule has 0 saturated carbocycles. The number of amides is 1. The highest BCUT2D eigenvalue weighted by atomic mass is 16.5. The summed E-state index contributed by atoms with van der Waals surface area (Å²) < 4.78 is 5.13. The van der Waals surface area contributed by atoms with Crippen molar-refractivity contribution in [3.8, 4) is 5.75 Å². The van der Waals surface area contributed by atoms with Crippen LogP contribution in [0.25, 0.3) is 0 Å². The van der Waals surface area contributed by atoms with Crippen molar-refractivity contribution >= 4 is 12.1 Å². The third-order valence-electron chi connectivity index (χ3n) is 2.77. The molecule has 0 fully saturated rings. The Labute approximate surface area is 118 Å². The minimum absolute atomic E-state index is 0.300. The second kappa shape index (κ2) is 6.52. The van der Waals surface area contributed by atoms with Crippen molar-refractivity contribution in [3.63, 3.8) is 0 Å². The van der Waals surface area contributed by atoms with E-state index in [4.69, 9.17) is 4.74 Å². The maximum atomic E-state index is 12.0. The predicted octanol–water partition coefficient (Wildman–Crippen LogP) is 2.77. The first-order valence-electron chi connectivity index (χ1n) is 6.24. The molecule has 0 aliphatic carbocycles. The topological polar surface area (TPSA) is 50.7 Å². The van der Waals surface area contributed by atoms with Crippen LogP contribution >= 0.6 is 0 Å². The summed E-state index contributed by atoms with van der Waals surface area (Å²) in [7, 11) is 1.53. The van der Waals surface area contributed by atoms with E-state index in [0.717, 1.165) is 11.1 Å². The molecular weight excluding hydrogens is 252 g/mol. The lowest BCUT2D eigenvalue weighted by Crippen LogP contribution is -2.18. The molecule has 0 unspecified atom stereocenters. The molecule has 2 rings (SSSR count). The van der Waals surface area contributed by atoms with Gasteiger partial charge < -0.3 is 4.74 Å². The molecule has 4 nitrogen and oxygen atoms in total. The number of hydrazone groups is 1. The first-order chi connectivity index (χ1) is 9.70. The van der Waals surface area contributed by atoms with Crippen molar-refractivity contribution in [1.82, 2.24) is 5.43 Å². The lowest BCUT2D eigenvalue weighted by Gasteiger charge is -2.05. The average molecular weight is 268 g/mol. The van der Waals surface area contributed by atoms with Crippen LogP contribution in [-0.4, -0.2) is 19.2 Å². The zero-order chi connectivity index (χ0) is 14.4. The van der Waals surface area contributed by atoms with Crippen LogP contribution in [0.3, 0.4) is 0 Å². The van der Waals surface area contributed by atoms with Gasteiger partial charge in [0.1, 0.15) is 5.75 Å². The van der Waals surface area contributed by atoms with Gasteiger partial charge >= 0.3 is 0 Å². The van der Waals surface area contributed by atoms with E-state index in [1.54, 1.807) is 24.4 Å². The van der Waals surface area contributed by atoms with Crippen molar-refractivity contribution in [3.05, 3.63) is 65.2 Å². The smallest absolute Gasteiger partial charge is 0.275 e. The van der Waals surface area contributed by atoms with Gasteiger partial charge in [-0.1, -0.05) is 42.0 Å². The third kappa shape index (κ3) is 3.45. The van der Waals surface area contributed by atoms with Crippen molar-refractivity contribution in [1.29, 1.82) is 0 Å². The minimum Gasteiger partial charge on any atom is -0.496 e. The van der Waals surface area contributed by atoms with Gasteiger partial charge in [0, 0.05) is 0 Å². The van der Waals surface area contributed by atoms with Gasteiger partial charge in [0.2, 0.25) is 0 Å². The predicted molar refractivity (Wildman–Crippen MR) is 79.2 cm³/mol. The fraction of sp³-hybridized carbons (Fsp3) is 0.125. The molecule has 0 radical (unpaired) electrons. The molecular formula is C16H16N2O2. The van der Waals surface area contributed by atoms with E-state index in [0.29, 0.717) is 11.3 Å². The molecule has 2 aromatic carbocycles. The van der Waals surface area contributed by atoms with Crippen LogP contribution < -0.4 is 10.2 Å². The highest BCUT2D eigenvalue weighted by Gasteiger charge is 2.09. The molecule has 0 aliphatic heterocycles. The molecule has 0 saturated heterocycles. The number of benzene rings is 2. The molecule has 4 heteroatoms. The second-order valence-corrected chi connectivity index (χ2v) is 4.31. The van der Waals surface area contributed by atoms with E-state index in [2.05, 4.69) is 10.5 Å². The number of ether oxygens (including phenoxy) is 1. The minimum atomic E-state index is -0.300. The zero-order valence-electron chi connectivity index (χ0n) is 11.5. The Bertz CT molecular complexity index is 636. The Hall–Kier alpha value is -2.62. The van der Waals surface area contributed by atoms with Gasteiger partial charge in [-0.3, -0.25) is 4.79 Å². The van der Waals surface area contributed by atoms with Gasteiger partial charge in [-0.25, -0.2) is 5.43 Å². The van der Waals surface area contributed by atoms with Crippen LogP contribution in [0, 0.1) is 6.92 Å². The number of hydrogen-bond donors (Lipinski definition) is 1. The summed E-state index contributed by atoms with van der Waals surface area (Å²) in [5, 5.41) is 3.95. The Morgan fingerprint density at radius 3 is 2.75 bits per heavy atom.